The Balaban J connectivity index is 1.42. The van der Waals surface area contributed by atoms with Gasteiger partial charge in [0.15, 0.2) is 5.69 Å². The van der Waals surface area contributed by atoms with Crippen LogP contribution in [0.4, 0.5) is 4.39 Å². The second-order valence-corrected chi connectivity index (χ2v) is 8.75. The van der Waals surface area contributed by atoms with Crippen molar-refractivity contribution in [2.75, 3.05) is 26.2 Å². The summed E-state index contributed by atoms with van der Waals surface area (Å²) in [5, 5.41) is 2.67. The average molecular weight is 480 g/mol. The first kappa shape index (κ1) is 24.1. The van der Waals surface area contributed by atoms with E-state index in [1.54, 1.807) is 47.9 Å². The highest BCUT2D eigenvalue weighted by Gasteiger charge is 2.32. The minimum atomic E-state index is -0.866. The van der Waals surface area contributed by atoms with Crippen molar-refractivity contribution in [2.45, 2.75) is 19.9 Å². The molecule has 1 saturated heterocycles. The Morgan fingerprint density at radius 2 is 1.60 bits per heavy atom. The summed E-state index contributed by atoms with van der Waals surface area (Å²) in [6.45, 7) is 4.81. The molecule has 0 radical (unpaired) electrons. The monoisotopic (exact) mass is 479 g/mol. The molecule has 0 saturated carbocycles. The van der Waals surface area contributed by atoms with E-state index in [2.05, 4.69) is 15.3 Å². The van der Waals surface area contributed by atoms with Gasteiger partial charge in [-0.3, -0.25) is 19.2 Å². The van der Waals surface area contributed by atoms with Crippen LogP contribution in [-0.4, -0.2) is 69.7 Å². The van der Waals surface area contributed by atoms with E-state index in [1.165, 1.54) is 24.3 Å². The van der Waals surface area contributed by atoms with E-state index in [9.17, 15) is 23.6 Å². The van der Waals surface area contributed by atoms with Gasteiger partial charge in [0, 0.05) is 31.7 Å². The topological polar surface area (TPSA) is 115 Å². The van der Waals surface area contributed by atoms with Crippen LogP contribution < -0.4 is 10.9 Å². The molecule has 2 N–H and O–H groups in total. The van der Waals surface area contributed by atoms with Crippen molar-refractivity contribution in [3.8, 4) is 0 Å². The SMILES string of the molecule is CC(C)[C@H](NC(=O)c1nc2ccccc2[nH]c1=O)C(=O)N1CCN(C(=O)c2ccc(F)cc2)CC1. The number of carbonyl (C=O) groups is 3. The van der Waals surface area contributed by atoms with Crippen LogP contribution in [0, 0.1) is 11.7 Å². The van der Waals surface area contributed by atoms with Crippen molar-refractivity contribution >= 4 is 28.8 Å². The molecule has 10 heteroatoms. The zero-order chi connectivity index (χ0) is 25.1. The van der Waals surface area contributed by atoms with E-state index < -0.39 is 23.3 Å². The van der Waals surface area contributed by atoms with Crippen molar-refractivity contribution < 1.29 is 18.8 Å². The maximum Gasteiger partial charge on any atom is 0.280 e. The Morgan fingerprint density at radius 1 is 0.971 bits per heavy atom. The number of para-hydroxylation sites is 2. The molecule has 35 heavy (non-hydrogen) atoms. The van der Waals surface area contributed by atoms with Crippen LogP contribution in [0.3, 0.4) is 0 Å². The zero-order valence-corrected chi connectivity index (χ0v) is 19.5. The lowest BCUT2D eigenvalue weighted by Crippen LogP contribution is -2.57. The lowest BCUT2D eigenvalue weighted by molar-refractivity contribution is -0.135. The first-order valence-electron chi connectivity index (χ1n) is 11.4. The minimum absolute atomic E-state index is 0.229. The molecule has 1 atom stereocenters. The van der Waals surface area contributed by atoms with Gasteiger partial charge in [0.2, 0.25) is 5.91 Å². The van der Waals surface area contributed by atoms with E-state index in [0.29, 0.717) is 42.8 Å². The number of amides is 3. The van der Waals surface area contributed by atoms with Crippen molar-refractivity contribution in [1.29, 1.82) is 0 Å². The number of halogens is 1. The standard InChI is InChI=1S/C25H26FN5O4/c1-15(2)20(29-23(33)21-22(32)28-19-6-4-3-5-18(19)27-21)25(35)31-13-11-30(12-14-31)24(34)16-7-9-17(26)10-8-16/h3-10,15,20H,11-14H2,1-2H3,(H,28,32)(H,29,33)/t20-/m0/s1. The molecular formula is C25H26FN5O4. The number of hydrogen-bond acceptors (Lipinski definition) is 5. The summed E-state index contributed by atoms with van der Waals surface area (Å²) >= 11 is 0. The van der Waals surface area contributed by atoms with Crippen molar-refractivity contribution in [1.82, 2.24) is 25.1 Å². The molecule has 0 aliphatic carbocycles. The lowest BCUT2D eigenvalue weighted by atomic mass is 10.0. The molecule has 3 aromatic rings. The van der Waals surface area contributed by atoms with Crippen LogP contribution >= 0.6 is 0 Å². The molecule has 1 fully saturated rings. The Labute approximate surface area is 200 Å². The Morgan fingerprint density at radius 3 is 2.26 bits per heavy atom. The second-order valence-electron chi connectivity index (χ2n) is 8.75. The molecule has 4 rings (SSSR count). The molecule has 1 aliphatic heterocycles. The summed E-state index contributed by atoms with van der Waals surface area (Å²) in [5.41, 5.74) is 0.415. The normalized spacial score (nSPS) is 14.7. The molecule has 9 nitrogen and oxygen atoms in total. The smallest absolute Gasteiger partial charge is 0.280 e. The molecule has 0 bridgehead atoms. The van der Waals surface area contributed by atoms with E-state index in [-0.39, 0.29) is 23.4 Å². The number of carbonyl (C=O) groups excluding carboxylic acids is 3. The zero-order valence-electron chi connectivity index (χ0n) is 19.5. The van der Waals surface area contributed by atoms with Gasteiger partial charge in [-0.05, 0) is 42.3 Å². The number of aromatic nitrogens is 2. The first-order chi connectivity index (χ1) is 16.7. The summed E-state index contributed by atoms with van der Waals surface area (Å²) in [5.74, 6) is -1.91. The van der Waals surface area contributed by atoms with E-state index in [1.807, 2.05) is 0 Å². The maximum atomic E-state index is 13.2. The number of benzene rings is 2. The van der Waals surface area contributed by atoms with Gasteiger partial charge in [0.1, 0.15) is 11.9 Å². The number of fused-ring (bicyclic) bond motifs is 1. The fourth-order valence-corrected chi connectivity index (χ4v) is 4.01. The third-order valence-electron chi connectivity index (χ3n) is 6.00. The van der Waals surface area contributed by atoms with Crippen LogP contribution in [0.5, 0.6) is 0 Å². The van der Waals surface area contributed by atoms with Crippen molar-refractivity contribution in [3.63, 3.8) is 0 Å². The predicted molar refractivity (Wildman–Crippen MR) is 127 cm³/mol. The van der Waals surface area contributed by atoms with Crippen LogP contribution in [0.15, 0.2) is 53.3 Å². The molecule has 3 amide bonds. The van der Waals surface area contributed by atoms with E-state index in [0.717, 1.165) is 0 Å². The van der Waals surface area contributed by atoms with Crippen LogP contribution in [0.1, 0.15) is 34.7 Å². The third kappa shape index (κ3) is 5.21. The Hall–Kier alpha value is -4.08. The molecular weight excluding hydrogens is 453 g/mol. The molecule has 2 aromatic carbocycles. The number of nitrogens with one attached hydrogen (secondary N) is 2. The molecule has 182 valence electrons. The molecule has 1 aromatic heterocycles. The summed E-state index contributed by atoms with van der Waals surface area (Å²) in [6, 6.07) is 11.3. The van der Waals surface area contributed by atoms with Gasteiger partial charge in [-0.25, -0.2) is 9.37 Å². The van der Waals surface area contributed by atoms with Gasteiger partial charge in [0.05, 0.1) is 11.0 Å². The minimum Gasteiger partial charge on any atom is -0.338 e. The Bertz CT molecular complexity index is 1310. The summed E-state index contributed by atoms with van der Waals surface area (Å²) in [6.07, 6.45) is 0. The molecule has 0 unspecified atom stereocenters. The summed E-state index contributed by atoms with van der Waals surface area (Å²) in [7, 11) is 0. The highest BCUT2D eigenvalue weighted by molar-refractivity contribution is 5.97. The Kier molecular flexibility index (Phi) is 6.90. The lowest BCUT2D eigenvalue weighted by Gasteiger charge is -2.37. The molecule has 0 spiro atoms. The fraction of sp³-hybridized carbons (Fsp3) is 0.320. The van der Waals surface area contributed by atoms with Crippen LogP contribution in [0.25, 0.3) is 11.0 Å². The van der Waals surface area contributed by atoms with Gasteiger partial charge in [-0.15, -0.1) is 0 Å². The van der Waals surface area contributed by atoms with Gasteiger partial charge in [0.25, 0.3) is 17.4 Å². The van der Waals surface area contributed by atoms with Gasteiger partial charge in [-0.1, -0.05) is 26.0 Å². The number of aromatic amines is 1. The van der Waals surface area contributed by atoms with Crippen LogP contribution in [0.2, 0.25) is 0 Å². The molecule has 1 aliphatic rings. The van der Waals surface area contributed by atoms with Crippen molar-refractivity contribution in [3.05, 3.63) is 76.0 Å². The predicted octanol–water partition coefficient (Wildman–Crippen LogP) is 1.80. The fourth-order valence-electron chi connectivity index (χ4n) is 4.01. The number of H-pyrrole nitrogens is 1. The number of rotatable bonds is 5. The highest BCUT2D eigenvalue weighted by atomic mass is 19.1. The largest absolute Gasteiger partial charge is 0.338 e. The first-order valence-corrected chi connectivity index (χ1v) is 11.4. The van der Waals surface area contributed by atoms with Crippen molar-refractivity contribution in [2.24, 2.45) is 5.92 Å². The third-order valence-corrected chi connectivity index (χ3v) is 6.00. The van der Waals surface area contributed by atoms with Gasteiger partial charge < -0.3 is 20.1 Å². The highest BCUT2D eigenvalue weighted by Crippen LogP contribution is 2.14. The number of piperazine rings is 1. The maximum absolute atomic E-state index is 13.2. The second kappa shape index (κ2) is 10.0. The average Bonchev–Trinajstić information content (AvgIpc) is 2.86. The molecule has 2 heterocycles. The number of hydrogen-bond donors (Lipinski definition) is 2. The van der Waals surface area contributed by atoms with E-state index >= 15 is 0 Å². The summed E-state index contributed by atoms with van der Waals surface area (Å²) in [4.78, 5) is 61.2. The van der Waals surface area contributed by atoms with Gasteiger partial charge >= 0.3 is 0 Å². The van der Waals surface area contributed by atoms with E-state index in [4.69, 9.17) is 0 Å². The summed E-state index contributed by atoms with van der Waals surface area (Å²) < 4.78 is 13.1. The van der Waals surface area contributed by atoms with Gasteiger partial charge in [-0.2, -0.15) is 0 Å². The van der Waals surface area contributed by atoms with Crippen LogP contribution in [-0.2, 0) is 4.79 Å². The quantitative estimate of drug-likeness (QED) is 0.579. The number of nitrogens with zero attached hydrogens (tertiary/aromatic N) is 3.